The fraction of sp³-hybridized carbons (Fsp3) is 0.933. The smallest absolute Gasteiger partial charge is 0.418 e. The van der Waals surface area contributed by atoms with Crippen LogP contribution in [0.2, 0.25) is 0 Å². The Morgan fingerprint density at radius 1 is 1.12 bits per heavy atom. The van der Waals surface area contributed by atoms with Gasteiger partial charge >= 0.3 is 6.47 Å². The summed E-state index contributed by atoms with van der Waals surface area (Å²) in [5.74, 6) is 1.40. The topological polar surface area (TPSA) is 26.3 Å². The summed E-state index contributed by atoms with van der Waals surface area (Å²) in [6.45, 7) is 8.40. The minimum atomic E-state index is -0.217. The van der Waals surface area contributed by atoms with E-state index >= 15 is 0 Å². The zero-order valence-electron chi connectivity index (χ0n) is 11.6. The van der Waals surface area contributed by atoms with Crippen molar-refractivity contribution in [3.8, 4) is 0 Å². The first-order chi connectivity index (χ1) is 8.18. The monoisotopic (exact) mass is 239 g/mol. The van der Waals surface area contributed by atoms with E-state index in [1.54, 1.807) is 6.47 Å². The van der Waals surface area contributed by atoms with Crippen LogP contribution in [0.4, 0.5) is 0 Å². The Morgan fingerprint density at radius 2 is 1.65 bits per heavy atom. The normalized spacial score (nSPS) is 25.6. The lowest BCUT2D eigenvalue weighted by Crippen LogP contribution is -2.42. The van der Waals surface area contributed by atoms with Gasteiger partial charge in [0.2, 0.25) is 0 Å². The second-order valence-corrected chi connectivity index (χ2v) is 5.71. The van der Waals surface area contributed by atoms with Crippen LogP contribution in [0.5, 0.6) is 0 Å². The van der Waals surface area contributed by atoms with Gasteiger partial charge in [-0.05, 0) is 37.5 Å². The molecule has 0 unspecified atom stereocenters. The van der Waals surface area contributed by atoms with Gasteiger partial charge in [-0.25, -0.2) is 4.79 Å². The number of rotatable bonds is 7. The molecular formula is C15H27O2. The molecule has 17 heavy (non-hydrogen) atoms. The fourth-order valence-corrected chi connectivity index (χ4v) is 3.43. The molecule has 1 aliphatic rings. The molecule has 1 radical (unpaired) electrons. The van der Waals surface area contributed by atoms with Crippen LogP contribution in [-0.2, 0) is 9.53 Å². The quantitative estimate of drug-likeness (QED) is 0.664. The van der Waals surface area contributed by atoms with Gasteiger partial charge in [-0.2, -0.15) is 0 Å². The molecule has 0 N–H and O–H groups in total. The molecular weight excluding hydrogens is 212 g/mol. The molecule has 99 valence electrons. The summed E-state index contributed by atoms with van der Waals surface area (Å²) in [5.41, 5.74) is -0.217. The lowest BCUT2D eigenvalue weighted by molar-refractivity contribution is -0.0409. The van der Waals surface area contributed by atoms with E-state index in [2.05, 4.69) is 20.8 Å². The summed E-state index contributed by atoms with van der Waals surface area (Å²) < 4.78 is 5.48. The maximum atomic E-state index is 10.7. The summed E-state index contributed by atoms with van der Waals surface area (Å²) >= 11 is 0. The molecule has 0 aliphatic heterocycles. The zero-order chi connectivity index (χ0) is 12.7. The minimum Gasteiger partial charge on any atom is -0.450 e. The largest absolute Gasteiger partial charge is 0.450 e. The predicted octanol–water partition coefficient (Wildman–Crippen LogP) is 4.24. The Morgan fingerprint density at radius 3 is 2.06 bits per heavy atom. The summed E-state index contributed by atoms with van der Waals surface area (Å²) in [7, 11) is 0. The predicted molar refractivity (Wildman–Crippen MR) is 70.4 cm³/mol. The van der Waals surface area contributed by atoms with Gasteiger partial charge in [-0.3, -0.25) is 0 Å². The summed E-state index contributed by atoms with van der Waals surface area (Å²) in [6.07, 6.45) is 9.13. The van der Waals surface area contributed by atoms with Crippen molar-refractivity contribution < 1.29 is 9.53 Å². The van der Waals surface area contributed by atoms with Crippen molar-refractivity contribution in [2.45, 2.75) is 77.7 Å². The molecule has 0 aromatic rings. The summed E-state index contributed by atoms with van der Waals surface area (Å²) in [5, 5.41) is 0. The van der Waals surface area contributed by atoms with Gasteiger partial charge in [0.1, 0.15) is 5.60 Å². The summed E-state index contributed by atoms with van der Waals surface area (Å²) in [6, 6.07) is 0. The van der Waals surface area contributed by atoms with Gasteiger partial charge in [0, 0.05) is 0 Å². The molecule has 1 aliphatic carbocycles. The zero-order valence-corrected chi connectivity index (χ0v) is 11.6. The molecule has 0 saturated heterocycles. The molecule has 1 saturated carbocycles. The van der Waals surface area contributed by atoms with Crippen molar-refractivity contribution in [3.05, 3.63) is 0 Å². The lowest BCUT2D eigenvalue weighted by Gasteiger charge is -2.42. The molecule has 2 heteroatoms. The summed E-state index contributed by atoms with van der Waals surface area (Å²) in [4.78, 5) is 10.7. The molecule has 0 aromatic heterocycles. The number of hydrogen-bond acceptors (Lipinski definition) is 2. The maximum Gasteiger partial charge on any atom is 0.418 e. The standard InChI is InChI=1S/C15H27O2/c1-4-10-15(11-5-2,17-12-16)14-8-6-13(3)7-9-14/h13-14H,4-11H2,1-3H3. The van der Waals surface area contributed by atoms with E-state index in [9.17, 15) is 4.79 Å². The Labute approximate surface area is 106 Å². The third kappa shape index (κ3) is 3.72. The van der Waals surface area contributed by atoms with Gasteiger partial charge in [-0.15, -0.1) is 0 Å². The van der Waals surface area contributed by atoms with Crippen LogP contribution in [0.15, 0.2) is 0 Å². The molecule has 0 atom stereocenters. The molecule has 0 aromatic carbocycles. The number of carbonyl (C=O) groups excluding carboxylic acids is 1. The van der Waals surface area contributed by atoms with Crippen LogP contribution in [0.1, 0.15) is 72.1 Å². The van der Waals surface area contributed by atoms with E-state index in [0.29, 0.717) is 5.92 Å². The Balaban J connectivity index is 2.74. The highest BCUT2D eigenvalue weighted by Gasteiger charge is 2.40. The van der Waals surface area contributed by atoms with Crippen molar-refractivity contribution in [1.29, 1.82) is 0 Å². The molecule has 0 heterocycles. The fourth-order valence-electron chi connectivity index (χ4n) is 3.43. The van der Waals surface area contributed by atoms with Crippen molar-refractivity contribution in [3.63, 3.8) is 0 Å². The average Bonchev–Trinajstić information content (AvgIpc) is 2.30. The van der Waals surface area contributed by atoms with Crippen LogP contribution >= 0.6 is 0 Å². The Hall–Kier alpha value is -0.530. The van der Waals surface area contributed by atoms with Crippen molar-refractivity contribution in [1.82, 2.24) is 0 Å². The Kier molecular flexibility index (Phi) is 6.01. The van der Waals surface area contributed by atoms with Crippen LogP contribution in [0.3, 0.4) is 0 Å². The molecule has 0 bridgehead atoms. The molecule has 2 nitrogen and oxygen atoms in total. The van der Waals surface area contributed by atoms with Gasteiger partial charge in [0.25, 0.3) is 0 Å². The second kappa shape index (κ2) is 7.03. The van der Waals surface area contributed by atoms with Crippen molar-refractivity contribution in [2.24, 2.45) is 11.8 Å². The first-order valence-corrected chi connectivity index (χ1v) is 7.23. The molecule has 0 amide bonds. The molecule has 0 spiro atoms. The van der Waals surface area contributed by atoms with Gasteiger partial charge in [-0.1, -0.05) is 46.5 Å². The van der Waals surface area contributed by atoms with Crippen LogP contribution < -0.4 is 0 Å². The maximum absolute atomic E-state index is 10.7. The van der Waals surface area contributed by atoms with E-state index in [4.69, 9.17) is 4.74 Å². The first-order valence-electron chi connectivity index (χ1n) is 7.23. The van der Waals surface area contributed by atoms with E-state index < -0.39 is 0 Å². The van der Waals surface area contributed by atoms with Gasteiger partial charge in [0.15, 0.2) is 0 Å². The Bertz CT molecular complexity index is 211. The third-order valence-electron chi connectivity index (χ3n) is 4.35. The van der Waals surface area contributed by atoms with E-state index in [0.717, 1.165) is 31.6 Å². The van der Waals surface area contributed by atoms with Gasteiger partial charge in [0.05, 0.1) is 0 Å². The number of ether oxygens (including phenoxy) is 1. The lowest BCUT2D eigenvalue weighted by atomic mass is 9.70. The van der Waals surface area contributed by atoms with Crippen LogP contribution in [-0.4, -0.2) is 12.1 Å². The molecule has 1 fully saturated rings. The van der Waals surface area contributed by atoms with Crippen molar-refractivity contribution in [2.75, 3.05) is 0 Å². The number of hydrogen-bond donors (Lipinski definition) is 0. The second-order valence-electron chi connectivity index (χ2n) is 5.71. The van der Waals surface area contributed by atoms with E-state index in [-0.39, 0.29) is 5.60 Å². The van der Waals surface area contributed by atoms with Crippen LogP contribution in [0, 0.1) is 11.8 Å². The average molecular weight is 239 g/mol. The SMILES string of the molecule is CCCC(CCC)(O[C]=O)C1CCC(C)CC1. The third-order valence-corrected chi connectivity index (χ3v) is 4.35. The minimum absolute atomic E-state index is 0.217. The van der Waals surface area contributed by atoms with Crippen molar-refractivity contribution >= 4 is 6.47 Å². The van der Waals surface area contributed by atoms with E-state index in [1.807, 2.05) is 0 Å². The molecule has 1 rings (SSSR count). The first kappa shape index (κ1) is 14.5. The highest BCUT2D eigenvalue weighted by molar-refractivity contribution is 5.39. The van der Waals surface area contributed by atoms with Gasteiger partial charge < -0.3 is 4.74 Å². The van der Waals surface area contributed by atoms with E-state index in [1.165, 1.54) is 25.7 Å². The highest BCUT2D eigenvalue weighted by Crippen LogP contribution is 2.42. The van der Waals surface area contributed by atoms with Crippen LogP contribution in [0.25, 0.3) is 0 Å². The highest BCUT2D eigenvalue weighted by atomic mass is 16.5.